The van der Waals surface area contributed by atoms with Gasteiger partial charge in [-0.2, -0.15) is 0 Å². The normalized spacial score (nSPS) is 15.5. The van der Waals surface area contributed by atoms with Gasteiger partial charge in [-0.15, -0.1) is 0 Å². The average Bonchev–Trinajstić information content (AvgIpc) is 2.48. The van der Waals surface area contributed by atoms with Crippen LogP contribution in [0.3, 0.4) is 0 Å². The lowest BCUT2D eigenvalue weighted by atomic mass is 10.1. The molecule has 4 heteroatoms. The van der Waals surface area contributed by atoms with Crippen molar-refractivity contribution < 1.29 is 8.60 Å². The third-order valence-corrected chi connectivity index (χ3v) is 5.06. The van der Waals surface area contributed by atoms with E-state index in [9.17, 15) is 8.60 Å². The van der Waals surface area contributed by atoms with Gasteiger partial charge in [0, 0.05) is 11.3 Å². The van der Waals surface area contributed by atoms with Gasteiger partial charge < -0.3 is 0 Å². The number of halogens is 2. The van der Waals surface area contributed by atoms with Crippen LogP contribution in [0.2, 0.25) is 0 Å². The Morgan fingerprint density at radius 2 is 1.55 bits per heavy atom. The van der Waals surface area contributed by atoms with E-state index in [-0.39, 0.29) is 6.42 Å². The van der Waals surface area contributed by atoms with Crippen LogP contribution in [0.25, 0.3) is 0 Å². The number of rotatable bonds is 6. The van der Waals surface area contributed by atoms with E-state index in [1.54, 1.807) is 30.3 Å². The first-order chi connectivity index (χ1) is 9.59. The van der Waals surface area contributed by atoms with Gasteiger partial charge in [0.15, 0.2) is 0 Å². The molecule has 0 saturated carbocycles. The second-order valence-electron chi connectivity index (χ2n) is 4.56. The Balaban J connectivity index is 1.92. The second kappa shape index (κ2) is 7.00. The summed E-state index contributed by atoms with van der Waals surface area (Å²) in [6.07, 6.45) is 1.35. The number of hydrogen-bond acceptors (Lipinski definition) is 1. The number of aryl methyl sites for hydroxylation is 1. The van der Waals surface area contributed by atoms with Crippen LogP contribution in [0, 0.1) is 0 Å². The molecule has 0 bridgehead atoms. The standard InChI is InChI=1S/C16H16ClFOS/c17-16(18,20(19)15-11-5-2-6-12-15)13-7-10-14-8-3-1-4-9-14/h1-6,8-9,11-12H,7,10,13H2. The van der Waals surface area contributed by atoms with E-state index in [1.165, 1.54) is 0 Å². The molecule has 0 radical (unpaired) electrons. The van der Waals surface area contributed by atoms with Gasteiger partial charge in [0.05, 0.1) is 0 Å². The first kappa shape index (κ1) is 15.2. The summed E-state index contributed by atoms with van der Waals surface area (Å²) in [4.78, 5) is 0.421. The maximum absolute atomic E-state index is 14.3. The smallest absolute Gasteiger partial charge is 0.250 e. The molecule has 0 aliphatic rings. The molecule has 2 unspecified atom stereocenters. The topological polar surface area (TPSA) is 17.1 Å². The number of hydrogen-bond donors (Lipinski definition) is 0. The second-order valence-corrected chi connectivity index (χ2v) is 7.04. The molecule has 106 valence electrons. The van der Waals surface area contributed by atoms with Crippen LogP contribution in [-0.2, 0) is 17.2 Å². The van der Waals surface area contributed by atoms with Crippen LogP contribution in [-0.4, -0.2) is 8.67 Å². The third-order valence-electron chi connectivity index (χ3n) is 3.00. The maximum atomic E-state index is 14.3. The molecule has 0 fully saturated rings. The van der Waals surface area contributed by atoms with Gasteiger partial charge in [0.25, 0.3) is 4.46 Å². The third kappa shape index (κ3) is 4.15. The highest BCUT2D eigenvalue weighted by Crippen LogP contribution is 2.32. The van der Waals surface area contributed by atoms with Gasteiger partial charge in [-0.25, -0.2) is 8.60 Å². The zero-order valence-electron chi connectivity index (χ0n) is 11.0. The van der Waals surface area contributed by atoms with E-state index >= 15 is 0 Å². The van der Waals surface area contributed by atoms with Gasteiger partial charge in [-0.3, -0.25) is 0 Å². The molecule has 2 atom stereocenters. The van der Waals surface area contributed by atoms with Crippen LogP contribution in [0.5, 0.6) is 0 Å². The molecule has 0 heterocycles. The zero-order valence-corrected chi connectivity index (χ0v) is 12.5. The van der Waals surface area contributed by atoms with Crippen molar-refractivity contribution in [2.24, 2.45) is 0 Å². The largest absolute Gasteiger partial charge is 0.261 e. The lowest BCUT2D eigenvalue weighted by Crippen LogP contribution is -2.22. The van der Waals surface area contributed by atoms with E-state index in [2.05, 4.69) is 0 Å². The monoisotopic (exact) mass is 310 g/mol. The van der Waals surface area contributed by atoms with E-state index < -0.39 is 15.3 Å². The Kier molecular flexibility index (Phi) is 5.32. The summed E-state index contributed by atoms with van der Waals surface area (Å²) in [5.41, 5.74) is 1.13. The predicted octanol–water partition coefficient (Wildman–Crippen LogP) is 4.68. The summed E-state index contributed by atoms with van der Waals surface area (Å²) in [6.45, 7) is 0. The summed E-state index contributed by atoms with van der Waals surface area (Å²) in [5.74, 6) is 0. The molecule has 1 nitrogen and oxygen atoms in total. The predicted molar refractivity (Wildman–Crippen MR) is 81.9 cm³/mol. The molecule has 0 aliphatic heterocycles. The highest BCUT2D eigenvalue weighted by atomic mass is 35.5. The van der Waals surface area contributed by atoms with Crippen molar-refractivity contribution in [3.63, 3.8) is 0 Å². The fourth-order valence-corrected chi connectivity index (χ4v) is 3.43. The lowest BCUT2D eigenvalue weighted by Gasteiger charge is -2.17. The van der Waals surface area contributed by atoms with Crippen molar-refractivity contribution in [1.29, 1.82) is 0 Å². The molecular weight excluding hydrogens is 295 g/mol. The van der Waals surface area contributed by atoms with Gasteiger partial charge in [-0.05, 0) is 30.5 Å². The molecule has 0 aliphatic carbocycles. The fourth-order valence-electron chi connectivity index (χ4n) is 1.95. The fraction of sp³-hybridized carbons (Fsp3) is 0.250. The molecule has 20 heavy (non-hydrogen) atoms. The minimum atomic E-state index is -2.21. The minimum Gasteiger partial charge on any atom is -0.250 e. The van der Waals surface area contributed by atoms with E-state index in [4.69, 9.17) is 11.6 Å². The van der Waals surface area contributed by atoms with Crippen molar-refractivity contribution in [2.45, 2.75) is 28.6 Å². The molecule has 0 amide bonds. The first-order valence-electron chi connectivity index (χ1n) is 6.48. The molecule has 2 aromatic rings. The summed E-state index contributed by atoms with van der Waals surface area (Å²) in [6, 6.07) is 18.3. The molecule has 0 spiro atoms. The molecule has 0 aromatic heterocycles. The Bertz CT molecular complexity index is 557. The molecule has 2 aromatic carbocycles. The van der Waals surface area contributed by atoms with Crippen molar-refractivity contribution in [3.8, 4) is 0 Å². The van der Waals surface area contributed by atoms with Crippen LogP contribution in [0.1, 0.15) is 18.4 Å². The average molecular weight is 311 g/mol. The Hall–Kier alpha value is -1.19. The highest BCUT2D eigenvalue weighted by molar-refractivity contribution is 7.87. The SMILES string of the molecule is O=S(c1ccccc1)C(F)(Cl)CCCc1ccccc1. The van der Waals surface area contributed by atoms with Crippen LogP contribution < -0.4 is 0 Å². The van der Waals surface area contributed by atoms with Crippen molar-refractivity contribution in [1.82, 2.24) is 0 Å². The van der Waals surface area contributed by atoms with Gasteiger partial charge in [-0.1, -0.05) is 60.1 Å². The van der Waals surface area contributed by atoms with E-state index in [0.29, 0.717) is 11.3 Å². The van der Waals surface area contributed by atoms with Crippen LogP contribution in [0.4, 0.5) is 4.39 Å². The molecule has 2 rings (SSSR count). The van der Waals surface area contributed by atoms with E-state index in [0.717, 1.165) is 12.0 Å². The summed E-state index contributed by atoms with van der Waals surface area (Å²) >= 11 is 5.82. The minimum absolute atomic E-state index is 0.0605. The summed E-state index contributed by atoms with van der Waals surface area (Å²) in [5, 5.41) is 0. The molecular formula is C16H16ClFOS. The molecule has 0 saturated heterocycles. The molecule has 0 N–H and O–H groups in total. The lowest BCUT2D eigenvalue weighted by molar-refractivity contribution is 0.360. The van der Waals surface area contributed by atoms with Crippen molar-refractivity contribution in [3.05, 3.63) is 66.2 Å². The van der Waals surface area contributed by atoms with Gasteiger partial charge >= 0.3 is 0 Å². The highest BCUT2D eigenvalue weighted by Gasteiger charge is 2.34. The van der Waals surface area contributed by atoms with Crippen LogP contribution >= 0.6 is 11.6 Å². The van der Waals surface area contributed by atoms with Crippen LogP contribution in [0.15, 0.2) is 65.6 Å². The quantitative estimate of drug-likeness (QED) is 0.708. The van der Waals surface area contributed by atoms with Crippen molar-refractivity contribution >= 4 is 22.4 Å². The first-order valence-corrected chi connectivity index (χ1v) is 8.01. The Morgan fingerprint density at radius 1 is 1.00 bits per heavy atom. The maximum Gasteiger partial charge on any atom is 0.261 e. The summed E-state index contributed by atoms with van der Waals surface area (Å²) in [7, 11) is -1.85. The number of alkyl halides is 2. The van der Waals surface area contributed by atoms with Crippen molar-refractivity contribution in [2.75, 3.05) is 0 Å². The van der Waals surface area contributed by atoms with Gasteiger partial charge in [0.1, 0.15) is 10.8 Å². The number of benzene rings is 2. The Morgan fingerprint density at radius 3 is 2.15 bits per heavy atom. The zero-order chi connectivity index (χ0) is 14.4. The van der Waals surface area contributed by atoms with E-state index in [1.807, 2.05) is 30.3 Å². The summed E-state index contributed by atoms with van der Waals surface area (Å²) < 4.78 is 24.2. The Labute approximate surface area is 126 Å². The van der Waals surface area contributed by atoms with Gasteiger partial charge in [0.2, 0.25) is 0 Å².